The zero-order valence-corrected chi connectivity index (χ0v) is 14.9. The predicted octanol–water partition coefficient (Wildman–Crippen LogP) is 2.29. The van der Waals surface area contributed by atoms with Crippen LogP contribution in [0.1, 0.15) is 16.7 Å². The van der Waals surface area contributed by atoms with Crippen LogP contribution in [-0.2, 0) is 17.8 Å². The van der Waals surface area contributed by atoms with Crippen LogP contribution in [0.15, 0.2) is 42.6 Å². The average Bonchev–Trinajstić information content (AvgIpc) is 2.64. The second-order valence-corrected chi connectivity index (χ2v) is 6.47. The lowest BCUT2D eigenvalue weighted by Crippen LogP contribution is -2.48. The molecule has 1 fully saturated rings. The first-order chi connectivity index (χ1) is 12.2. The third kappa shape index (κ3) is 4.57. The Morgan fingerprint density at radius 3 is 2.64 bits per heavy atom. The van der Waals surface area contributed by atoms with Gasteiger partial charge in [-0.05, 0) is 29.7 Å². The van der Waals surface area contributed by atoms with E-state index in [1.165, 1.54) is 11.1 Å². The Morgan fingerprint density at radius 2 is 1.92 bits per heavy atom. The van der Waals surface area contributed by atoms with Gasteiger partial charge in [0.15, 0.2) is 0 Å². The van der Waals surface area contributed by atoms with E-state index in [0.717, 1.165) is 38.3 Å². The molecule has 0 unspecified atom stereocenters. The molecule has 1 aliphatic rings. The number of methoxy groups -OCH3 is 1. The predicted molar refractivity (Wildman–Crippen MR) is 97.5 cm³/mol. The Kier molecular flexibility index (Phi) is 5.66. The first-order valence-corrected chi connectivity index (χ1v) is 8.69. The van der Waals surface area contributed by atoms with Gasteiger partial charge in [0.05, 0.1) is 13.5 Å². The van der Waals surface area contributed by atoms with Crippen LogP contribution in [-0.4, -0.2) is 54.0 Å². The lowest BCUT2D eigenvalue weighted by molar-refractivity contribution is -0.132. The first kappa shape index (κ1) is 17.4. The van der Waals surface area contributed by atoms with Crippen molar-refractivity contribution in [3.63, 3.8) is 0 Å². The maximum atomic E-state index is 12.6. The van der Waals surface area contributed by atoms with Crippen LogP contribution < -0.4 is 4.74 Å². The summed E-state index contributed by atoms with van der Waals surface area (Å²) in [7, 11) is 1.63. The van der Waals surface area contributed by atoms with Crippen molar-refractivity contribution in [3.05, 3.63) is 59.3 Å². The second-order valence-electron chi connectivity index (χ2n) is 6.47. The number of ether oxygens (including phenoxy) is 1. The number of benzene rings is 1. The van der Waals surface area contributed by atoms with E-state index in [2.05, 4.69) is 22.9 Å². The number of pyridine rings is 1. The average molecular weight is 339 g/mol. The highest BCUT2D eigenvalue weighted by molar-refractivity contribution is 5.79. The Labute approximate surface area is 149 Å². The van der Waals surface area contributed by atoms with Crippen LogP contribution in [0.25, 0.3) is 0 Å². The highest BCUT2D eigenvalue weighted by Gasteiger charge is 2.21. The smallest absolute Gasteiger partial charge is 0.227 e. The molecule has 0 aliphatic carbocycles. The highest BCUT2D eigenvalue weighted by Crippen LogP contribution is 2.14. The summed E-state index contributed by atoms with van der Waals surface area (Å²) in [5.41, 5.74) is 3.49. The maximum absolute atomic E-state index is 12.6. The quantitative estimate of drug-likeness (QED) is 0.838. The number of carbonyl (C=O) groups is 1. The number of aromatic nitrogens is 1. The number of hydrogen-bond donors (Lipinski definition) is 0. The summed E-state index contributed by atoms with van der Waals surface area (Å²) in [5, 5.41) is 0. The lowest BCUT2D eigenvalue weighted by Gasteiger charge is -2.35. The molecule has 1 aliphatic heterocycles. The minimum absolute atomic E-state index is 0.222. The van der Waals surface area contributed by atoms with Gasteiger partial charge in [0.2, 0.25) is 11.8 Å². The van der Waals surface area contributed by atoms with Gasteiger partial charge in [-0.3, -0.25) is 9.69 Å². The topological polar surface area (TPSA) is 45.7 Å². The van der Waals surface area contributed by atoms with Crippen molar-refractivity contribution in [1.82, 2.24) is 14.8 Å². The number of rotatable bonds is 5. The van der Waals surface area contributed by atoms with E-state index in [1.807, 2.05) is 35.2 Å². The summed E-state index contributed by atoms with van der Waals surface area (Å²) in [5.74, 6) is 0.865. The zero-order valence-electron chi connectivity index (χ0n) is 14.9. The molecule has 0 N–H and O–H groups in total. The van der Waals surface area contributed by atoms with E-state index < -0.39 is 0 Å². The van der Waals surface area contributed by atoms with Crippen molar-refractivity contribution in [3.8, 4) is 5.88 Å². The normalized spacial score (nSPS) is 15.2. The summed E-state index contributed by atoms with van der Waals surface area (Å²) < 4.78 is 5.18. The summed E-state index contributed by atoms with van der Waals surface area (Å²) in [6.45, 7) is 6.27. The third-order valence-corrected chi connectivity index (χ3v) is 4.74. The number of nitrogens with zero attached hydrogens (tertiary/aromatic N) is 3. The molecule has 25 heavy (non-hydrogen) atoms. The molecule has 0 spiro atoms. The molecule has 1 amide bonds. The van der Waals surface area contributed by atoms with Crippen molar-refractivity contribution in [2.24, 2.45) is 0 Å². The standard InChI is InChI=1S/C20H25N3O2/c1-16-5-3-4-6-18(16)14-20(24)23-11-9-22(10-12-23)15-17-7-8-21-19(13-17)25-2/h3-8,13H,9-12,14-15H2,1-2H3. The fourth-order valence-electron chi connectivity index (χ4n) is 3.16. The van der Waals surface area contributed by atoms with Crippen molar-refractivity contribution < 1.29 is 9.53 Å². The van der Waals surface area contributed by atoms with E-state index in [0.29, 0.717) is 12.3 Å². The fourth-order valence-corrected chi connectivity index (χ4v) is 3.16. The maximum Gasteiger partial charge on any atom is 0.227 e. The summed E-state index contributed by atoms with van der Waals surface area (Å²) >= 11 is 0. The molecule has 3 rings (SSSR count). The van der Waals surface area contributed by atoms with Crippen LogP contribution >= 0.6 is 0 Å². The lowest BCUT2D eigenvalue weighted by atomic mass is 10.1. The third-order valence-electron chi connectivity index (χ3n) is 4.74. The molecule has 5 heteroatoms. The van der Waals surface area contributed by atoms with Crippen molar-refractivity contribution in [1.29, 1.82) is 0 Å². The fraction of sp³-hybridized carbons (Fsp3) is 0.400. The summed E-state index contributed by atoms with van der Waals surface area (Å²) in [6, 6.07) is 12.1. The van der Waals surface area contributed by atoms with Crippen LogP contribution in [0.5, 0.6) is 5.88 Å². The number of hydrogen-bond acceptors (Lipinski definition) is 4. The van der Waals surface area contributed by atoms with Crippen LogP contribution in [0, 0.1) is 6.92 Å². The van der Waals surface area contributed by atoms with Gasteiger partial charge in [-0.25, -0.2) is 4.98 Å². The van der Waals surface area contributed by atoms with Crippen molar-refractivity contribution in [2.45, 2.75) is 19.9 Å². The van der Waals surface area contributed by atoms with Gasteiger partial charge < -0.3 is 9.64 Å². The Bertz CT molecular complexity index is 724. The number of carbonyl (C=O) groups excluding carboxylic acids is 1. The molecule has 1 aromatic heterocycles. The van der Waals surface area contributed by atoms with E-state index in [9.17, 15) is 4.79 Å². The SMILES string of the molecule is COc1cc(CN2CCN(C(=O)Cc3ccccc3C)CC2)ccn1. The second kappa shape index (κ2) is 8.12. The summed E-state index contributed by atoms with van der Waals surface area (Å²) in [6.07, 6.45) is 2.27. The molecule has 132 valence electrons. The number of aryl methyl sites for hydroxylation is 1. The van der Waals surface area contributed by atoms with E-state index in [-0.39, 0.29) is 5.91 Å². The van der Waals surface area contributed by atoms with E-state index in [1.54, 1.807) is 13.3 Å². The Morgan fingerprint density at radius 1 is 1.16 bits per heavy atom. The number of piperazine rings is 1. The van der Waals surface area contributed by atoms with Crippen LogP contribution in [0.2, 0.25) is 0 Å². The van der Waals surface area contributed by atoms with Gasteiger partial charge in [0.25, 0.3) is 0 Å². The monoisotopic (exact) mass is 339 g/mol. The van der Waals surface area contributed by atoms with Crippen molar-refractivity contribution in [2.75, 3.05) is 33.3 Å². The van der Waals surface area contributed by atoms with Crippen LogP contribution in [0.3, 0.4) is 0 Å². The zero-order chi connectivity index (χ0) is 17.6. The van der Waals surface area contributed by atoms with Gasteiger partial charge in [-0.1, -0.05) is 24.3 Å². The van der Waals surface area contributed by atoms with E-state index >= 15 is 0 Å². The van der Waals surface area contributed by atoms with Gasteiger partial charge in [-0.15, -0.1) is 0 Å². The molecule has 5 nitrogen and oxygen atoms in total. The molecule has 2 aromatic rings. The molecular formula is C20H25N3O2. The highest BCUT2D eigenvalue weighted by atomic mass is 16.5. The molecule has 1 aromatic carbocycles. The van der Waals surface area contributed by atoms with Gasteiger partial charge in [0.1, 0.15) is 0 Å². The number of amides is 1. The molecule has 0 saturated carbocycles. The van der Waals surface area contributed by atoms with E-state index in [4.69, 9.17) is 4.74 Å². The van der Waals surface area contributed by atoms with Gasteiger partial charge in [-0.2, -0.15) is 0 Å². The summed E-state index contributed by atoms with van der Waals surface area (Å²) in [4.78, 5) is 21.0. The Balaban J connectivity index is 1.51. The first-order valence-electron chi connectivity index (χ1n) is 8.69. The molecule has 2 heterocycles. The van der Waals surface area contributed by atoms with Gasteiger partial charge in [0, 0.05) is 45.0 Å². The van der Waals surface area contributed by atoms with Crippen LogP contribution in [0.4, 0.5) is 0 Å². The van der Waals surface area contributed by atoms with Crippen molar-refractivity contribution >= 4 is 5.91 Å². The molecule has 1 saturated heterocycles. The molecule has 0 bridgehead atoms. The van der Waals surface area contributed by atoms with Gasteiger partial charge >= 0.3 is 0 Å². The minimum Gasteiger partial charge on any atom is -0.481 e. The molecule has 0 atom stereocenters. The molecular weight excluding hydrogens is 314 g/mol. The minimum atomic E-state index is 0.222. The molecule has 0 radical (unpaired) electrons. The Hall–Kier alpha value is -2.40. The largest absolute Gasteiger partial charge is 0.481 e.